The minimum Gasteiger partial charge on any atom is -0.311 e. The molecule has 0 amide bonds. The molecule has 0 unspecified atom stereocenters. The molecule has 2 heterocycles. The summed E-state index contributed by atoms with van der Waals surface area (Å²) in [6, 6.07) is 78.6. The predicted octanol–water partition coefficient (Wildman–Crippen LogP) is 20.1. The standard InChI is InChI=1S/C78H69BN2/c1-75(2,3)56-38-57(76(4,5)6)41-60(40-56)80-68-44-64-50(28-24-46-18-13-15-22-62(46)64)34-66(68)79-67-35-51-29-25-47-19-14-16-23-63(47)65(51)45-69(67)81(61-42-58(77(7,8)9)39-59(43-61)78(10,11)12)71-37-55(36-70(80)74(71)79)54-32-52-30-26-48-20-17-21-49-27-31-53(33-54)73(52)72(48)49/h13-45H,1-12H3. The zero-order valence-electron chi connectivity index (χ0n) is 49.0. The number of hydrogen-bond donors (Lipinski definition) is 0. The normalized spacial score (nSPS) is 13.9. The molecule has 0 spiro atoms. The van der Waals surface area contributed by atoms with Crippen LogP contribution in [0.25, 0.3) is 86.5 Å². The lowest BCUT2D eigenvalue weighted by molar-refractivity contribution is 0.568. The van der Waals surface area contributed by atoms with Crippen molar-refractivity contribution in [1.82, 2.24) is 0 Å². The van der Waals surface area contributed by atoms with E-state index in [4.69, 9.17) is 0 Å². The molecule has 0 bridgehead atoms. The molecule has 0 saturated heterocycles. The number of anilines is 6. The van der Waals surface area contributed by atoms with Crippen molar-refractivity contribution in [3.05, 3.63) is 222 Å². The maximum Gasteiger partial charge on any atom is 0.252 e. The first kappa shape index (κ1) is 49.6. The lowest BCUT2D eigenvalue weighted by Gasteiger charge is -2.45. The first-order valence-corrected chi connectivity index (χ1v) is 29.3. The fraction of sp³-hybridized carbons (Fsp3) is 0.205. The van der Waals surface area contributed by atoms with Crippen LogP contribution in [0.5, 0.6) is 0 Å². The summed E-state index contributed by atoms with van der Waals surface area (Å²) in [5, 5.41) is 17.9. The molecule has 0 atom stereocenters. The smallest absolute Gasteiger partial charge is 0.252 e. The van der Waals surface area contributed by atoms with E-state index in [1.165, 1.54) is 159 Å². The van der Waals surface area contributed by atoms with Gasteiger partial charge in [0.1, 0.15) is 0 Å². The van der Waals surface area contributed by atoms with Crippen molar-refractivity contribution in [3.63, 3.8) is 0 Å². The highest BCUT2D eigenvalue weighted by Crippen LogP contribution is 2.51. The van der Waals surface area contributed by atoms with Crippen LogP contribution in [0.15, 0.2) is 200 Å². The Bertz CT molecular complexity index is 4460. The molecular formula is C78H69BN2. The highest BCUT2D eigenvalue weighted by molar-refractivity contribution is 7.00. The Morgan fingerprint density at radius 3 is 1.04 bits per heavy atom. The van der Waals surface area contributed by atoms with Gasteiger partial charge in [-0.2, -0.15) is 0 Å². The van der Waals surface area contributed by atoms with E-state index in [1.807, 2.05) is 0 Å². The van der Waals surface area contributed by atoms with Gasteiger partial charge in [0.15, 0.2) is 0 Å². The molecule has 2 aliphatic heterocycles. The van der Waals surface area contributed by atoms with Crippen LogP contribution < -0.4 is 26.2 Å². The Morgan fingerprint density at radius 1 is 0.272 bits per heavy atom. The lowest BCUT2D eigenvalue weighted by Crippen LogP contribution is -2.61. The molecule has 13 aromatic rings. The fourth-order valence-corrected chi connectivity index (χ4v) is 13.9. The summed E-state index contributed by atoms with van der Waals surface area (Å²) in [5.74, 6) is 0. The summed E-state index contributed by atoms with van der Waals surface area (Å²) in [7, 11) is 0. The molecule has 2 aliphatic rings. The third-order valence-corrected chi connectivity index (χ3v) is 18.4. The average molecular weight is 1050 g/mol. The van der Waals surface area contributed by atoms with Crippen molar-refractivity contribution < 1.29 is 0 Å². The zero-order chi connectivity index (χ0) is 55.8. The van der Waals surface area contributed by atoms with Crippen LogP contribution >= 0.6 is 0 Å². The van der Waals surface area contributed by atoms with Gasteiger partial charge in [0.05, 0.1) is 0 Å². The minimum atomic E-state index is -0.105. The monoisotopic (exact) mass is 1040 g/mol. The summed E-state index contributed by atoms with van der Waals surface area (Å²) < 4.78 is 0. The Kier molecular flexibility index (Phi) is 10.5. The van der Waals surface area contributed by atoms with Gasteiger partial charge in [0.25, 0.3) is 6.71 Å². The van der Waals surface area contributed by atoms with Gasteiger partial charge >= 0.3 is 0 Å². The number of fused-ring (bicyclic) bond motifs is 10. The second kappa shape index (κ2) is 17.1. The third-order valence-electron chi connectivity index (χ3n) is 18.4. The van der Waals surface area contributed by atoms with Crippen molar-refractivity contribution in [1.29, 1.82) is 0 Å². The molecule has 0 fully saturated rings. The summed E-state index contributed by atoms with van der Waals surface area (Å²) in [4.78, 5) is 5.38. The van der Waals surface area contributed by atoms with Crippen molar-refractivity contribution in [2.24, 2.45) is 0 Å². The first-order valence-electron chi connectivity index (χ1n) is 29.3. The number of rotatable bonds is 3. The van der Waals surface area contributed by atoms with Gasteiger partial charge in [0.2, 0.25) is 0 Å². The van der Waals surface area contributed by atoms with Crippen LogP contribution in [0.4, 0.5) is 34.1 Å². The maximum absolute atomic E-state index is 2.69. The summed E-state index contributed by atoms with van der Waals surface area (Å²) in [6.07, 6.45) is 0. The first-order chi connectivity index (χ1) is 38.6. The van der Waals surface area contributed by atoms with Crippen LogP contribution in [-0.2, 0) is 21.7 Å². The van der Waals surface area contributed by atoms with Crippen LogP contribution in [0.2, 0.25) is 0 Å². The summed E-state index contributed by atoms with van der Waals surface area (Å²) in [5.41, 5.74) is 18.5. The Balaban J connectivity index is 1.14. The van der Waals surface area contributed by atoms with Gasteiger partial charge in [-0.1, -0.05) is 223 Å². The Labute approximate surface area is 478 Å². The minimum absolute atomic E-state index is 0.0976. The number of benzene rings is 13. The average Bonchev–Trinajstić information content (AvgIpc) is 2.15. The Hall–Kier alpha value is -8.40. The van der Waals surface area contributed by atoms with Crippen molar-refractivity contribution in [2.45, 2.75) is 105 Å². The van der Waals surface area contributed by atoms with Gasteiger partial charge < -0.3 is 9.80 Å². The molecular weight excluding hydrogens is 976 g/mol. The van der Waals surface area contributed by atoms with E-state index in [9.17, 15) is 0 Å². The molecule has 2 nitrogen and oxygen atoms in total. The van der Waals surface area contributed by atoms with E-state index in [-0.39, 0.29) is 28.4 Å². The molecule has 0 aromatic heterocycles. The van der Waals surface area contributed by atoms with Crippen molar-refractivity contribution in [3.8, 4) is 11.1 Å². The number of hydrogen-bond acceptors (Lipinski definition) is 2. The van der Waals surface area contributed by atoms with E-state index in [0.29, 0.717) is 0 Å². The molecule has 13 aromatic carbocycles. The largest absolute Gasteiger partial charge is 0.311 e. The molecule has 3 heteroatoms. The molecule has 81 heavy (non-hydrogen) atoms. The molecule has 15 rings (SSSR count). The Morgan fingerprint density at radius 2 is 0.617 bits per heavy atom. The van der Waals surface area contributed by atoms with Gasteiger partial charge in [-0.05, 0) is 207 Å². The summed E-state index contributed by atoms with van der Waals surface area (Å²) in [6.45, 7) is 28.3. The van der Waals surface area contributed by atoms with Gasteiger partial charge in [-0.3, -0.25) is 0 Å². The fourth-order valence-electron chi connectivity index (χ4n) is 13.9. The van der Waals surface area contributed by atoms with Crippen molar-refractivity contribution >= 4 is 133 Å². The third kappa shape index (κ3) is 7.75. The molecule has 0 aliphatic carbocycles. The van der Waals surface area contributed by atoms with E-state index in [2.05, 4.69) is 293 Å². The van der Waals surface area contributed by atoms with E-state index < -0.39 is 0 Å². The van der Waals surface area contributed by atoms with Crippen molar-refractivity contribution in [2.75, 3.05) is 9.80 Å². The second-order valence-corrected chi connectivity index (χ2v) is 27.9. The highest BCUT2D eigenvalue weighted by Gasteiger charge is 2.45. The maximum atomic E-state index is 2.69. The predicted molar refractivity (Wildman–Crippen MR) is 354 cm³/mol. The van der Waals surface area contributed by atoms with Gasteiger partial charge in [-0.25, -0.2) is 0 Å². The van der Waals surface area contributed by atoms with E-state index in [1.54, 1.807) is 0 Å². The molecule has 0 saturated carbocycles. The van der Waals surface area contributed by atoms with E-state index in [0.717, 1.165) is 0 Å². The quantitative estimate of drug-likeness (QED) is 0.129. The van der Waals surface area contributed by atoms with Crippen LogP contribution in [0, 0.1) is 0 Å². The van der Waals surface area contributed by atoms with Gasteiger partial charge in [-0.15, -0.1) is 0 Å². The lowest BCUT2D eigenvalue weighted by atomic mass is 9.33. The van der Waals surface area contributed by atoms with E-state index >= 15 is 0 Å². The van der Waals surface area contributed by atoms with Gasteiger partial charge in [0, 0.05) is 34.1 Å². The highest BCUT2D eigenvalue weighted by atomic mass is 15.2. The molecule has 0 radical (unpaired) electrons. The zero-order valence-corrected chi connectivity index (χ0v) is 49.0. The SMILES string of the molecule is CC(C)(C)c1cc(N2c3cc4c(ccc5ccccc54)cc3B3c4cc5ccc6ccccc6c5cc4N(c4cc(C(C)(C)C)cc(C(C)(C)C)c4)c4cc(-c5cc6ccc7cccc8ccc(c5)c6c78)cc2c43)cc(C(C)(C)C)c1. The molecule has 0 N–H and O–H groups in total. The number of nitrogens with zero attached hydrogens (tertiary/aromatic N) is 2. The van der Waals surface area contributed by atoms with Crippen LogP contribution in [0.1, 0.15) is 105 Å². The second-order valence-electron chi connectivity index (χ2n) is 27.9. The van der Waals surface area contributed by atoms with Crippen LogP contribution in [-0.4, -0.2) is 6.71 Å². The topological polar surface area (TPSA) is 6.48 Å². The summed E-state index contributed by atoms with van der Waals surface area (Å²) >= 11 is 0. The van der Waals surface area contributed by atoms with Crippen LogP contribution in [0.3, 0.4) is 0 Å². The molecule has 394 valence electrons.